The minimum Gasteiger partial charge on any atom is -0.373 e. The van der Waals surface area contributed by atoms with Crippen LogP contribution in [0.2, 0.25) is 0 Å². The van der Waals surface area contributed by atoms with Crippen molar-refractivity contribution in [3.8, 4) is 0 Å². The van der Waals surface area contributed by atoms with E-state index in [2.05, 4.69) is 5.32 Å². The zero-order valence-corrected chi connectivity index (χ0v) is 5.06. The molecule has 0 spiro atoms. The van der Waals surface area contributed by atoms with E-state index in [1.807, 2.05) is 0 Å². The van der Waals surface area contributed by atoms with Crippen LogP contribution >= 0.6 is 0 Å². The fourth-order valence-electron chi connectivity index (χ4n) is 0.619. The summed E-state index contributed by atoms with van der Waals surface area (Å²) in [7, 11) is 0. The van der Waals surface area contributed by atoms with Gasteiger partial charge < -0.3 is 10.1 Å². The minimum absolute atomic E-state index is 0.628. The number of hydrogen-bond donors (Lipinski definition) is 1. The van der Waals surface area contributed by atoms with Crippen molar-refractivity contribution in [1.29, 1.82) is 0 Å². The highest BCUT2D eigenvalue weighted by molar-refractivity contribution is 4.66. The molecule has 0 aromatic carbocycles. The second kappa shape index (κ2) is 2.46. The molecule has 0 radical (unpaired) electrons. The van der Waals surface area contributed by atoms with Crippen LogP contribution in [-0.4, -0.2) is 25.2 Å². The van der Waals surface area contributed by atoms with E-state index in [9.17, 15) is 0 Å². The number of ether oxygens (including phenoxy) is 1. The molecule has 2 atom stereocenters. The van der Waals surface area contributed by atoms with Gasteiger partial charge in [-0.25, -0.2) is 0 Å². The molecule has 1 saturated heterocycles. The third-order valence-electron chi connectivity index (χ3n) is 0.959. The maximum atomic E-state index is 7.37. The number of hydrogen-bond acceptors (Lipinski definition) is 2. The fraction of sp³-hybridized carbons (Fsp3) is 1.00. The van der Waals surface area contributed by atoms with Crippen LogP contribution in [0.1, 0.15) is 19.3 Å². The number of nitrogens with one attached hydrogen (secondary N) is 1. The summed E-state index contributed by atoms with van der Waals surface area (Å²) in [5, 5.41) is 2.27. The Kier molecular flexibility index (Phi) is 0.822. The highest BCUT2D eigenvalue weighted by atomic mass is 16.5. The van der Waals surface area contributed by atoms with Gasteiger partial charge in [-0.05, 0) is 13.8 Å². The lowest BCUT2D eigenvalue weighted by Crippen LogP contribution is -2.41. The van der Waals surface area contributed by atoms with Crippen LogP contribution in [0.3, 0.4) is 0 Å². The molecule has 0 bridgehead atoms. The Bertz CT molecular complexity index is 166. The maximum absolute atomic E-state index is 7.37. The second-order valence-electron chi connectivity index (χ2n) is 1.83. The molecule has 0 aliphatic carbocycles. The molecule has 0 aromatic rings. The molecule has 1 aliphatic heterocycles. The standard InChI is InChI=1S/C6H13NO/c1-5-3-7-4-6(2)8-5/h5-7H,3-4H2,1-2H3/t5-,6+/i3D2,4D2. The zero-order valence-electron chi connectivity index (χ0n) is 9.06. The van der Waals surface area contributed by atoms with Crippen molar-refractivity contribution in [2.24, 2.45) is 0 Å². The fourth-order valence-corrected chi connectivity index (χ4v) is 0.619. The van der Waals surface area contributed by atoms with Crippen molar-refractivity contribution in [3.05, 3.63) is 0 Å². The van der Waals surface area contributed by atoms with E-state index in [4.69, 9.17) is 10.2 Å². The van der Waals surface area contributed by atoms with Crippen LogP contribution in [0.15, 0.2) is 0 Å². The summed E-state index contributed by atoms with van der Waals surface area (Å²) in [4.78, 5) is 0. The van der Waals surface area contributed by atoms with E-state index < -0.39 is 25.2 Å². The molecule has 1 fully saturated rings. The van der Waals surface area contributed by atoms with E-state index in [-0.39, 0.29) is 0 Å². The lowest BCUT2D eigenvalue weighted by Gasteiger charge is -2.25. The number of morpholine rings is 1. The first-order valence-electron chi connectivity index (χ1n) is 4.70. The Morgan fingerprint density at radius 3 is 2.38 bits per heavy atom. The van der Waals surface area contributed by atoms with Crippen LogP contribution in [0.4, 0.5) is 0 Å². The minimum atomic E-state index is -1.80. The molecule has 1 rings (SSSR count). The molecule has 0 aromatic heterocycles. The first-order valence-corrected chi connectivity index (χ1v) is 2.70. The van der Waals surface area contributed by atoms with Gasteiger partial charge in [0, 0.05) is 18.5 Å². The summed E-state index contributed by atoms with van der Waals surface area (Å²) >= 11 is 0. The van der Waals surface area contributed by atoms with Gasteiger partial charge in [0.05, 0.1) is 12.2 Å². The first kappa shape index (κ1) is 2.67. The van der Waals surface area contributed by atoms with Gasteiger partial charge in [-0.3, -0.25) is 0 Å². The molecule has 1 aliphatic rings. The molecule has 1 heterocycles. The summed E-state index contributed by atoms with van der Waals surface area (Å²) in [5.41, 5.74) is 0. The topological polar surface area (TPSA) is 21.3 Å². The Balaban J connectivity index is 2.78. The quantitative estimate of drug-likeness (QED) is 0.498. The lowest BCUT2D eigenvalue weighted by atomic mass is 10.3. The lowest BCUT2D eigenvalue weighted by molar-refractivity contribution is -0.0166. The van der Waals surface area contributed by atoms with Gasteiger partial charge in [0.2, 0.25) is 0 Å². The van der Waals surface area contributed by atoms with E-state index in [1.165, 1.54) is 0 Å². The van der Waals surface area contributed by atoms with Crippen LogP contribution in [0.5, 0.6) is 0 Å². The molecular formula is C6H13NO. The van der Waals surface area contributed by atoms with E-state index in [0.29, 0.717) is 0 Å². The molecule has 2 nitrogen and oxygen atoms in total. The third-order valence-corrected chi connectivity index (χ3v) is 0.959. The van der Waals surface area contributed by atoms with Crippen molar-refractivity contribution < 1.29 is 10.2 Å². The van der Waals surface area contributed by atoms with Crippen molar-refractivity contribution in [3.63, 3.8) is 0 Å². The Labute approximate surface area is 55.8 Å². The summed E-state index contributed by atoms with van der Waals surface area (Å²) in [5.74, 6) is 0. The molecule has 8 heavy (non-hydrogen) atoms. The zero-order chi connectivity index (χ0) is 9.57. The molecule has 0 amide bonds. The van der Waals surface area contributed by atoms with Gasteiger partial charge in [-0.2, -0.15) is 0 Å². The van der Waals surface area contributed by atoms with E-state index in [0.717, 1.165) is 0 Å². The van der Waals surface area contributed by atoms with Crippen molar-refractivity contribution in [1.82, 2.24) is 5.32 Å². The Morgan fingerprint density at radius 2 is 2.00 bits per heavy atom. The van der Waals surface area contributed by atoms with Gasteiger partial charge in [-0.1, -0.05) is 0 Å². The van der Waals surface area contributed by atoms with Gasteiger partial charge >= 0.3 is 0 Å². The van der Waals surface area contributed by atoms with E-state index >= 15 is 0 Å². The summed E-state index contributed by atoms with van der Waals surface area (Å²) in [6.07, 6.45) is -1.26. The summed E-state index contributed by atoms with van der Waals surface area (Å²) < 4.78 is 34.6. The molecular weight excluding hydrogens is 102 g/mol. The van der Waals surface area contributed by atoms with Crippen LogP contribution in [0, 0.1) is 0 Å². The highest BCUT2D eigenvalue weighted by Crippen LogP contribution is 2.00. The van der Waals surface area contributed by atoms with Crippen molar-refractivity contribution >= 4 is 0 Å². The summed E-state index contributed by atoms with van der Waals surface area (Å²) in [6.45, 7) is -0.427. The number of rotatable bonds is 0. The van der Waals surface area contributed by atoms with E-state index in [1.54, 1.807) is 13.8 Å². The van der Waals surface area contributed by atoms with Crippen LogP contribution in [0.25, 0.3) is 0 Å². The van der Waals surface area contributed by atoms with Crippen LogP contribution < -0.4 is 5.32 Å². The average Bonchev–Trinajstić information content (AvgIpc) is 1.82. The second-order valence-corrected chi connectivity index (χ2v) is 1.83. The van der Waals surface area contributed by atoms with Crippen molar-refractivity contribution in [2.45, 2.75) is 26.1 Å². The maximum Gasteiger partial charge on any atom is 0.0675 e. The van der Waals surface area contributed by atoms with Crippen LogP contribution in [-0.2, 0) is 4.74 Å². The molecule has 1 N–H and O–H groups in total. The predicted octanol–water partition coefficient (Wildman–Crippen LogP) is 0.383. The van der Waals surface area contributed by atoms with Gasteiger partial charge in [-0.15, -0.1) is 0 Å². The molecule has 0 unspecified atom stereocenters. The SMILES string of the molecule is [2H]C1([2H])NC([2H])([2H])[C@@H](C)O[C@H]1C. The highest BCUT2D eigenvalue weighted by Gasteiger charge is 2.12. The molecule has 2 heteroatoms. The summed E-state index contributed by atoms with van der Waals surface area (Å²) in [6, 6.07) is 0. The Hall–Kier alpha value is -0.0800. The Morgan fingerprint density at radius 1 is 1.50 bits per heavy atom. The smallest absolute Gasteiger partial charge is 0.0675 e. The molecule has 48 valence electrons. The van der Waals surface area contributed by atoms with Gasteiger partial charge in [0.15, 0.2) is 0 Å². The van der Waals surface area contributed by atoms with Gasteiger partial charge in [0.1, 0.15) is 0 Å². The van der Waals surface area contributed by atoms with Gasteiger partial charge in [0.25, 0.3) is 0 Å². The predicted molar refractivity (Wildman–Crippen MR) is 32.9 cm³/mol. The normalized spacial score (nSPS) is 59.8. The first-order chi connectivity index (χ1) is 5.26. The average molecular weight is 119 g/mol. The largest absolute Gasteiger partial charge is 0.373 e. The monoisotopic (exact) mass is 119 g/mol. The van der Waals surface area contributed by atoms with Crippen molar-refractivity contribution in [2.75, 3.05) is 13.0 Å². The molecule has 0 saturated carbocycles. The third kappa shape index (κ3) is 1.46.